The molecule has 1 fully saturated rings. The molecule has 1 aliphatic carbocycles. The number of hydrogen-bond donors (Lipinski definition) is 0. The van der Waals surface area contributed by atoms with Gasteiger partial charge in [-0.05, 0) is 73.6 Å². The first-order chi connectivity index (χ1) is 12.3. The van der Waals surface area contributed by atoms with E-state index in [9.17, 15) is 0 Å². The van der Waals surface area contributed by atoms with E-state index in [4.69, 9.17) is 4.74 Å². The minimum absolute atomic E-state index is 0.700. The van der Waals surface area contributed by atoms with Crippen LogP contribution in [0.4, 0.5) is 0 Å². The van der Waals surface area contributed by atoms with Gasteiger partial charge in [-0.3, -0.25) is 0 Å². The van der Waals surface area contributed by atoms with Crippen LogP contribution in [0.2, 0.25) is 0 Å². The Balaban J connectivity index is 1.62. The normalized spacial score (nSPS) is 20.9. The Morgan fingerprint density at radius 1 is 0.880 bits per heavy atom. The van der Waals surface area contributed by atoms with Crippen LogP contribution in [0.1, 0.15) is 56.6 Å². The molecule has 0 atom stereocenters. The molecule has 0 saturated heterocycles. The Bertz CT molecular complexity index is 658. The van der Waals surface area contributed by atoms with Crippen molar-refractivity contribution < 1.29 is 4.74 Å². The Hall–Kier alpha value is -1.86. The van der Waals surface area contributed by atoms with Crippen molar-refractivity contribution in [3.8, 4) is 11.1 Å². The Labute approximate surface area is 152 Å². The number of rotatable bonds is 6. The van der Waals surface area contributed by atoms with Crippen molar-refractivity contribution in [2.75, 3.05) is 6.61 Å². The van der Waals surface area contributed by atoms with E-state index in [0.717, 1.165) is 18.4 Å². The van der Waals surface area contributed by atoms with Crippen molar-refractivity contribution in [1.82, 2.24) is 0 Å². The number of ether oxygens (including phenoxy) is 1. The highest BCUT2D eigenvalue weighted by atomic mass is 16.5. The van der Waals surface area contributed by atoms with Crippen LogP contribution in [0, 0.1) is 5.92 Å². The SMILES string of the molecule is CC=C[C@H]1CC[C@H](c2ccc(-c3ccc(COCC)cc3)cc2)CC1. The zero-order valence-electron chi connectivity index (χ0n) is 15.6. The molecule has 1 nitrogen and oxygen atoms in total. The molecule has 0 aromatic heterocycles. The van der Waals surface area contributed by atoms with Crippen molar-refractivity contribution in [2.24, 2.45) is 5.92 Å². The second kappa shape index (κ2) is 9.01. The van der Waals surface area contributed by atoms with E-state index in [-0.39, 0.29) is 0 Å². The fraction of sp³-hybridized carbons (Fsp3) is 0.417. The highest BCUT2D eigenvalue weighted by Crippen LogP contribution is 2.36. The third-order valence-corrected chi connectivity index (χ3v) is 5.38. The molecule has 0 bridgehead atoms. The molecule has 1 saturated carbocycles. The molecule has 2 aromatic rings. The van der Waals surface area contributed by atoms with Crippen molar-refractivity contribution in [3.63, 3.8) is 0 Å². The molecule has 0 amide bonds. The monoisotopic (exact) mass is 334 g/mol. The lowest BCUT2D eigenvalue weighted by atomic mass is 9.78. The summed E-state index contributed by atoms with van der Waals surface area (Å²) in [7, 11) is 0. The zero-order valence-corrected chi connectivity index (χ0v) is 15.6. The summed E-state index contributed by atoms with van der Waals surface area (Å²) < 4.78 is 5.47. The van der Waals surface area contributed by atoms with Crippen LogP contribution in [0.3, 0.4) is 0 Å². The summed E-state index contributed by atoms with van der Waals surface area (Å²) in [6.45, 7) is 5.63. The minimum Gasteiger partial charge on any atom is -0.377 e. The molecule has 0 spiro atoms. The smallest absolute Gasteiger partial charge is 0.0716 e. The lowest BCUT2D eigenvalue weighted by molar-refractivity contribution is 0.134. The second-order valence-corrected chi connectivity index (χ2v) is 7.09. The van der Waals surface area contributed by atoms with Crippen LogP contribution in [0.15, 0.2) is 60.7 Å². The highest BCUT2D eigenvalue weighted by molar-refractivity contribution is 5.64. The average Bonchev–Trinajstić information content (AvgIpc) is 2.68. The second-order valence-electron chi connectivity index (χ2n) is 7.09. The van der Waals surface area contributed by atoms with Crippen LogP contribution in [0.5, 0.6) is 0 Å². The van der Waals surface area contributed by atoms with E-state index < -0.39 is 0 Å². The molecule has 25 heavy (non-hydrogen) atoms. The lowest BCUT2D eigenvalue weighted by Gasteiger charge is -2.27. The maximum absolute atomic E-state index is 5.47. The third-order valence-electron chi connectivity index (χ3n) is 5.38. The van der Waals surface area contributed by atoms with Gasteiger partial charge < -0.3 is 4.74 Å². The first kappa shape index (κ1) is 17.9. The lowest BCUT2D eigenvalue weighted by Crippen LogP contribution is -2.11. The van der Waals surface area contributed by atoms with E-state index in [2.05, 4.69) is 67.6 Å². The number of allylic oxidation sites excluding steroid dienone is 2. The van der Waals surface area contributed by atoms with E-state index in [0.29, 0.717) is 6.61 Å². The maximum Gasteiger partial charge on any atom is 0.0716 e. The van der Waals surface area contributed by atoms with E-state index in [1.165, 1.54) is 47.9 Å². The number of benzene rings is 2. The van der Waals surface area contributed by atoms with E-state index in [1.807, 2.05) is 6.92 Å². The van der Waals surface area contributed by atoms with Gasteiger partial charge in [0, 0.05) is 6.61 Å². The van der Waals surface area contributed by atoms with Crippen LogP contribution >= 0.6 is 0 Å². The summed E-state index contributed by atoms with van der Waals surface area (Å²) in [5.74, 6) is 1.54. The first-order valence-corrected chi connectivity index (χ1v) is 9.70. The van der Waals surface area contributed by atoms with Crippen molar-refractivity contribution >= 4 is 0 Å². The van der Waals surface area contributed by atoms with Crippen LogP contribution in [0.25, 0.3) is 11.1 Å². The molecular weight excluding hydrogens is 304 g/mol. The fourth-order valence-corrected chi connectivity index (χ4v) is 3.88. The summed E-state index contributed by atoms with van der Waals surface area (Å²) in [4.78, 5) is 0. The van der Waals surface area contributed by atoms with Gasteiger partial charge in [-0.25, -0.2) is 0 Å². The first-order valence-electron chi connectivity index (χ1n) is 9.70. The van der Waals surface area contributed by atoms with Crippen LogP contribution in [-0.4, -0.2) is 6.61 Å². The summed E-state index contributed by atoms with van der Waals surface area (Å²) in [6.07, 6.45) is 9.89. The van der Waals surface area contributed by atoms with Gasteiger partial charge >= 0.3 is 0 Å². The summed E-state index contributed by atoms with van der Waals surface area (Å²) >= 11 is 0. The van der Waals surface area contributed by atoms with Crippen molar-refractivity contribution in [1.29, 1.82) is 0 Å². The van der Waals surface area contributed by atoms with Gasteiger partial charge in [0.25, 0.3) is 0 Å². The summed E-state index contributed by atoms with van der Waals surface area (Å²) in [6, 6.07) is 18.0. The van der Waals surface area contributed by atoms with Gasteiger partial charge in [0.05, 0.1) is 6.61 Å². The molecule has 2 aromatic carbocycles. The van der Waals surface area contributed by atoms with Gasteiger partial charge in [-0.15, -0.1) is 0 Å². The van der Waals surface area contributed by atoms with E-state index >= 15 is 0 Å². The Kier molecular flexibility index (Phi) is 6.47. The highest BCUT2D eigenvalue weighted by Gasteiger charge is 2.20. The Morgan fingerprint density at radius 3 is 2.04 bits per heavy atom. The van der Waals surface area contributed by atoms with Gasteiger partial charge in [-0.1, -0.05) is 60.7 Å². The standard InChI is InChI=1S/C24H30O/c1-3-5-19-6-10-21(11-7-19)23-14-16-24(17-15-23)22-12-8-20(9-13-22)18-25-4-2/h3,5,8-9,12-17,19,21H,4,6-7,10-11,18H2,1-2H3/t19-,21-. The topological polar surface area (TPSA) is 9.23 Å². The molecule has 0 unspecified atom stereocenters. The van der Waals surface area contributed by atoms with Gasteiger partial charge in [0.2, 0.25) is 0 Å². The quantitative estimate of drug-likeness (QED) is 0.531. The summed E-state index contributed by atoms with van der Waals surface area (Å²) in [5.41, 5.74) is 5.33. The fourth-order valence-electron chi connectivity index (χ4n) is 3.88. The van der Waals surface area contributed by atoms with Gasteiger partial charge in [0.15, 0.2) is 0 Å². The third kappa shape index (κ3) is 4.83. The number of hydrogen-bond acceptors (Lipinski definition) is 1. The van der Waals surface area contributed by atoms with Crippen molar-refractivity contribution in [2.45, 2.75) is 52.1 Å². The molecule has 0 N–H and O–H groups in total. The average molecular weight is 335 g/mol. The molecular formula is C24H30O. The van der Waals surface area contributed by atoms with Crippen LogP contribution < -0.4 is 0 Å². The Morgan fingerprint density at radius 2 is 1.48 bits per heavy atom. The largest absolute Gasteiger partial charge is 0.377 e. The van der Waals surface area contributed by atoms with Gasteiger partial charge in [-0.2, -0.15) is 0 Å². The van der Waals surface area contributed by atoms with Gasteiger partial charge in [0.1, 0.15) is 0 Å². The molecule has 1 aliphatic rings. The summed E-state index contributed by atoms with van der Waals surface area (Å²) in [5, 5.41) is 0. The molecule has 0 radical (unpaired) electrons. The molecule has 0 heterocycles. The zero-order chi connectivity index (χ0) is 17.5. The molecule has 1 heteroatoms. The predicted molar refractivity (Wildman–Crippen MR) is 107 cm³/mol. The molecule has 0 aliphatic heterocycles. The van der Waals surface area contributed by atoms with E-state index in [1.54, 1.807) is 0 Å². The molecule has 132 valence electrons. The predicted octanol–water partition coefficient (Wildman–Crippen LogP) is 6.74. The maximum atomic E-state index is 5.47. The molecule has 3 rings (SSSR count). The minimum atomic E-state index is 0.700. The van der Waals surface area contributed by atoms with Crippen molar-refractivity contribution in [3.05, 3.63) is 71.8 Å². The van der Waals surface area contributed by atoms with Crippen LogP contribution in [-0.2, 0) is 11.3 Å².